The number of amides is 1. The van der Waals surface area contributed by atoms with Crippen molar-refractivity contribution < 1.29 is 4.79 Å². The average Bonchev–Trinajstić information content (AvgIpc) is 3.16. The number of H-pyrrole nitrogens is 1. The maximum Gasteiger partial charge on any atom is 0.224 e. The van der Waals surface area contributed by atoms with Crippen LogP contribution in [0.4, 0.5) is 0 Å². The van der Waals surface area contributed by atoms with Crippen LogP contribution in [0.3, 0.4) is 0 Å². The first-order valence-electron chi connectivity index (χ1n) is 7.86. The van der Waals surface area contributed by atoms with Gasteiger partial charge < -0.3 is 15.6 Å². The zero-order valence-corrected chi connectivity index (χ0v) is 12.5. The van der Waals surface area contributed by atoms with Crippen molar-refractivity contribution in [2.75, 3.05) is 19.6 Å². The highest BCUT2D eigenvalue weighted by molar-refractivity contribution is 5.86. The average molecular weight is 285 g/mol. The summed E-state index contributed by atoms with van der Waals surface area (Å²) in [6.45, 7) is 4.66. The Bertz CT molecular complexity index is 626. The van der Waals surface area contributed by atoms with Crippen LogP contribution in [-0.4, -0.2) is 30.5 Å². The van der Waals surface area contributed by atoms with Gasteiger partial charge in [0.05, 0.1) is 5.92 Å². The highest BCUT2D eigenvalue weighted by Gasteiger charge is 2.21. The van der Waals surface area contributed by atoms with Crippen molar-refractivity contribution in [1.82, 2.24) is 15.6 Å². The maximum absolute atomic E-state index is 12.0. The monoisotopic (exact) mass is 285 g/mol. The number of benzene rings is 1. The molecule has 112 valence electrons. The highest BCUT2D eigenvalue weighted by Crippen LogP contribution is 2.22. The molecule has 1 saturated heterocycles. The van der Waals surface area contributed by atoms with Crippen LogP contribution >= 0.6 is 0 Å². The number of aromatic amines is 1. The summed E-state index contributed by atoms with van der Waals surface area (Å²) < 4.78 is 0. The molecular weight excluding hydrogens is 262 g/mol. The molecule has 4 nitrogen and oxygen atoms in total. The Hall–Kier alpha value is -1.81. The van der Waals surface area contributed by atoms with E-state index in [0.29, 0.717) is 6.54 Å². The molecule has 2 aromatic rings. The molecule has 0 spiro atoms. The van der Waals surface area contributed by atoms with Crippen molar-refractivity contribution in [3.8, 4) is 0 Å². The second kappa shape index (κ2) is 6.31. The summed E-state index contributed by atoms with van der Waals surface area (Å²) >= 11 is 0. The van der Waals surface area contributed by atoms with Gasteiger partial charge in [0.25, 0.3) is 0 Å². The maximum atomic E-state index is 12.0. The molecule has 3 N–H and O–H groups in total. The SMILES string of the molecule is CCc1cccc2c(CCNC(=O)C3CCNC3)c[nH]c12. The molecule has 1 aliphatic heterocycles. The third kappa shape index (κ3) is 2.95. The van der Waals surface area contributed by atoms with E-state index in [9.17, 15) is 4.79 Å². The van der Waals surface area contributed by atoms with Gasteiger partial charge in [0, 0.05) is 30.2 Å². The lowest BCUT2D eigenvalue weighted by atomic mass is 10.1. The first kappa shape index (κ1) is 14.1. The van der Waals surface area contributed by atoms with E-state index in [1.807, 2.05) is 0 Å². The van der Waals surface area contributed by atoms with Crippen molar-refractivity contribution in [1.29, 1.82) is 0 Å². The van der Waals surface area contributed by atoms with Crippen molar-refractivity contribution >= 4 is 16.8 Å². The van der Waals surface area contributed by atoms with E-state index < -0.39 is 0 Å². The summed E-state index contributed by atoms with van der Waals surface area (Å²) in [6, 6.07) is 6.43. The lowest BCUT2D eigenvalue weighted by molar-refractivity contribution is -0.124. The lowest BCUT2D eigenvalue weighted by Crippen LogP contribution is -2.33. The number of hydrogen-bond donors (Lipinski definition) is 3. The second-order valence-corrected chi connectivity index (χ2v) is 5.74. The molecule has 0 radical (unpaired) electrons. The molecule has 2 heterocycles. The zero-order chi connectivity index (χ0) is 14.7. The Morgan fingerprint density at radius 1 is 1.38 bits per heavy atom. The predicted molar refractivity (Wildman–Crippen MR) is 85.4 cm³/mol. The molecule has 0 saturated carbocycles. The smallest absolute Gasteiger partial charge is 0.224 e. The summed E-state index contributed by atoms with van der Waals surface area (Å²) in [5.74, 6) is 0.341. The van der Waals surface area contributed by atoms with E-state index in [0.717, 1.165) is 32.4 Å². The summed E-state index contributed by atoms with van der Waals surface area (Å²) in [5, 5.41) is 7.58. The standard InChI is InChI=1S/C17H23N3O/c1-2-12-4-3-5-15-13(11-20-16(12)15)7-9-19-17(21)14-6-8-18-10-14/h3-5,11,14,18,20H,2,6-10H2,1H3,(H,19,21). The normalized spacial score (nSPS) is 18.2. The van der Waals surface area contributed by atoms with Crippen molar-refractivity contribution in [3.63, 3.8) is 0 Å². The molecule has 1 aromatic carbocycles. The van der Waals surface area contributed by atoms with Crippen LogP contribution in [0.1, 0.15) is 24.5 Å². The Morgan fingerprint density at radius 2 is 2.29 bits per heavy atom. The third-order valence-electron chi connectivity index (χ3n) is 4.39. The number of para-hydroxylation sites is 1. The number of aromatic nitrogens is 1. The van der Waals surface area contributed by atoms with Gasteiger partial charge in [-0.3, -0.25) is 4.79 Å². The van der Waals surface area contributed by atoms with Gasteiger partial charge in [-0.05, 0) is 36.9 Å². The van der Waals surface area contributed by atoms with Crippen LogP contribution in [0.5, 0.6) is 0 Å². The van der Waals surface area contributed by atoms with Gasteiger partial charge in [-0.25, -0.2) is 0 Å². The van der Waals surface area contributed by atoms with Crippen LogP contribution in [-0.2, 0) is 17.6 Å². The zero-order valence-electron chi connectivity index (χ0n) is 12.5. The summed E-state index contributed by atoms with van der Waals surface area (Å²) in [4.78, 5) is 15.4. The number of nitrogens with one attached hydrogen (secondary N) is 3. The molecule has 21 heavy (non-hydrogen) atoms. The minimum atomic E-state index is 0.152. The predicted octanol–water partition coefficient (Wildman–Crippen LogP) is 2.00. The number of fused-ring (bicyclic) bond motifs is 1. The van der Waals surface area contributed by atoms with Crippen LogP contribution in [0, 0.1) is 5.92 Å². The van der Waals surface area contributed by atoms with Gasteiger partial charge in [-0.1, -0.05) is 25.1 Å². The van der Waals surface area contributed by atoms with Crippen molar-refractivity contribution in [3.05, 3.63) is 35.5 Å². The third-order valence-corrected chi connectivity index (χ3v) is 4.39. The van der Waals surface area contributed by atoms with E-state index >= 15 is 0 Å². The molecule has 1 fully saturated rings. The lowest BCUT2D eigenvalue weighted by Gasteiger charge is -2.09. The fourth-order valence-corrected chi connectivity index (χ4v) is 3.12. The summed E-state index contributed by atoms with van der Waals surface area (Å²) in [7, 11) is 0. The summed E-state index contributed by atoms with van der Waals surface area (Å²) in [5.41, 5.74) is 3.87. The van der Waals surface area contributed by atoms with E-state index in [1.165, 1.54) is 22.0 Å². The van der Waals surface area contributed by atoms with Gasteiger partial charge in [0.2, 0.25) is 5.91 Å². The van der Waals surface area contributed by atoms with Crippen LogP contribution in [0.25, 0.3) is 10.9 Å². The topological polar surface area (TPSA) is 56.9 Å². The van der Waals surface area contributed by atoms with Crippen LogP contribution < -0.4 is 10.6 Å². The molecule has 1 amide bonds. The molecule has 0 aliphatic carbocycles. The van der Waals surface area contributed by atoms with Crippen LogP contribution in [0.2, 0.25) is 0 Å². The van der Waals surface area contributed by atoms with E-state index in [-0.39, 0.29) is 11.8 Å². The molecule has 3 rings (SSSR count). The second-order valence-electron chi connectivity index (χ2n) is 5.74. The number of hydrogen-bond acceptors (Lipinski definition) is 2. The minimum Gasteiger partial charge on any atom is -0.361 e. The first-order valence-corrected chi connectivity index (χ1v) is 7.86. The Labute approximate surface area is 125 Å². The van der Waals surface area contributed by atoms with Gasteiger partial charge in [0.15, 0.2) is 0 Å². The van der Waals surface area contributed by atoms with E-state index in [4.69, 9.17) is 0 Å². The number of carbonyl (C=O) groups excluding carboxylic acids is 1. The van der Waals surface area contributed by atoms with Gasteiger partial charge in [-0.15, -0.1) is 0 Å². The quantitative estimate of drug-likeness (QED) is 0.787. The van der Waals surface area contributed by atoms with Crippen molar-refractivity contribution in [2.45, 2.75) is 26.2 Å². The molecule has 4 heteroatoms. The molecular formula is C17H23N3O. The number of carbonyl (C=O) groups is 1. The largest absolute Gasteiger partial charge is 0.361 e. The van der Waals surface area contributed by atoms with E-state index in [1.54, 1.807) is 0 Å². The fourth-order valence-electron chi connectivity index (χ4n) is 3.12. The van der Waals surface area contributed by atoms with E-state index in [2.05, 4.69) is 46.9 Å². The molecule has 1 aromatic heterocycles. The minimum absolute atomic E-state index is 0.152. The molecule has 1 atom stereocenters. The highest BCUT2D eigenvalue weighted by atomic mass is 16.1. The number of rotatable bonds is 5. The summed E-state index contributed by atoms with van der Waals surface area (Å²) in [6.07, 6.45) is 4.94. The molecule has 1 unspecified atom stereocenters. The number of aryl methyl sites for hydroxylation is 1. The van der Waals surface area contributed by atoms with Gasteiger partial charge >= 0.3 is 0 Å². The Morgan fingerprint density at radius 3 is 3.05 bits per heavy atom. The molecule has 0 bridgehead atoms. The van der Waals surface area contributed by atoms with Gasteiger partial charge in [0.1, 0.15) is 0 Å². The molecule has 1 aliphatic rings. The van der Waals surface area contributed by atoms with Gasteiger partial charge in [-0.2, -0.15) is 0 Å². The first-order chi connectivity index (χ1) is 10.3. The Kier molecular flexibility index (Phi) is 4.25. The van der Waals surface area contributed by atoms with Crippen LogP contribution in [0.15, 0.2) is 24.4 Å². The Balaban J connectivity index is 1.62. The fraction of sp³-hybridized carbons (Fsp3) is 0.471. The van der Waals surface area contributed by atoms with Crippen molar-refractivity contribution in [2.24, 2.45) is 5.92 Å².